The summed E-state index contributed by atoms with van der Waals surface area (Å²) in [6.45, 7) is 0. The normalized spacial score (nSPS) is 11.4. The molecule has 19 heavy (non-hydrogen) atoms. The number of ether oxygens (including phenoxy) is 1. The third-order valence-corrected chi connectivity index (χ3v) is 2.60. The lowest BCUT2D eigenvalue weighted by Gasteiger charge is -2.14. The Hall–Kier alpha value is -2.74. The summed E-state index contributed by atoms with van der Waals surface area (Å²) in [4.78, 5) is 11.9. The number of benzene rings is 1. The molecule has 1 amide bonds. The number of nitrogens with one attached hydrogen (secondary N) is 1. The molecule has 0 radical (unpaired) electrons. The van der Waals surface area contributed by atoms with Crippen LogP contribution in [0.1, 0.15) is 22.2 Å². The van der Waals surface area contributed by atoms with Crippen molar-refractivity contribution in [1.82, 2.24) is 5.32 Å². The molecule has 0 aliphatic carbocycles. The standard InChI is InChI=1S/C14H12N2O3/c1-18-12-6-3-2-5-10(12)11(9-15)16-14(17)13-7-4-8-19-13/h2-8,11H,1H3,(H,16,17). The molecule has 0 fully saturated rings. The van der Waals surface area contributed by atoms with Gasteiger partial charge in [0.25, 0.3) is 5.91 Å². The SMILES string of the molecule is COc1ccccc1C(C#N)NC(=O)c1ccco1. The molecule has 0 aliphatic rings. The molecular formula is C14H12N2O3. The van der Waals surface area contributed by atoms with Gasteiger partial charge in [-0.2, -0.15) is 5.26 Å². The number of para-hydroxylation sites is 1. The summed E-state index contributed by atoms with van der Waals surface area (Å²) >= 11 is 0. The molecule has 0 aliphatic heterocycles. The van der Waals surface area contributed by atoms with Crippen LogP contribution in [0.25, 0.3) is 0 Å². The van der Waals surface area contributed by atoms with Gasteiger partial charge in [0, 0.05) is 5.56 Å². The lowest BCUT2D eigenvalue weighted by molar-refractivity contribution is 0.0917. The van der Waals surface area contributed by atoms with Crippen LogP contribution in [0, 0.1) is 11.3 Å². The zero-order valence-electron chi connectivity index (χ0n) is 10.3. The van der Waals surface area contributed by atoms with E-state index >= 15 is 0 Å². The Bertz CT molecular complexity index is 599. The molecule has 5 nitrogen and oxygen atoms in total. The van der Waals surface area contributed by atoms with Gasteiger partial charge in [0.1, 0.15) is 11.8 Å². The van der Waals surface area contributed by atoms with Crippen molar-refractivity contribution in [2.45, 2.75) is 6.04 Å². The first kappa shape index (κ1) is 12.7. The number of nitrogens with zero attached hydrogens (tertiary/aromatic N) is 1. The van der Waals surface area contributed by atoms with E-state index in [1.165, 1.54) is 19.4 Å². The van der Waals surface area contributed by atoms with E-state index < -0.39 is 11.9 Å². The molecule has 2 aromatic rings. The lowest BCUT2D eigenvalue weighted by atomic mass is 10.1. The van der Waals surface area contributed by atoms with Gasteiger partial charge in [-0.1, -0.05) is 18.2 Å². The Morgan fingerprint density at radius 1 is 1.37 bits per heavy atom. The summed E-state index contributed by atoms with van der Waals surface area (Å²) in [6, 6.07) is 11.4. The Labute approximate surface area is 110 Å². The molecular weight excluding hydrogens is 244 g/mol. The average molecular weight is 256 g/mol. The van der Waals surface area contributed by atoms with Gasteiger partial charge in [-0.15, -0.1) is 0 Å². The van der Waals surface area contributed by atoms with Gasteiger partial charge in [0.05, 0.1) is 19.4 Å². The molecule has 5 heteroatoms. The Morgan fingerprint density at radius 3 is 2.79 bits per heavy atom. The highest BCUT2D eigenvalue weighted by molar-refractivity contribution is 5.91. The van der Waals surface area contributed by atoms with E-state index in [4.69, 9.17) is 9.15 Å². The van der Waals surface area contributed by atoms with Gasteiger partial charge >= 0.3 is 0 Å². The van der Waals surface area contributed by atoms with Crippen molar-refractivity contribution in [1.29, 1.82) is 5.26 Å². The van der Waals surface area contributed by atoms with Crippen LogP contribution in [-0.4, -0.2) is 13.0 Å². The van der Waals surface area contributed by atoms with E-state index in [9.17, 15) is 10.1 Å². The van der Waals surface area contributed by atoms with E-state index in [1.807, 2.05) is 6.07 Å². The second-order valence-electron chi connectivity index (χ2n) is 3.75. The predicted molar refractivity (Wildman–Crippen MR) is 67.5 cm³/mol. The van der Waals surface area contributed by atoms with Crippen molar-refractivity contribution in [3.05, 3.63) is 54.0 Å². The fourth-order valence-corrected chi connectivity index (χ4v) is 1.69. The summed E-state index contributed by atoms with van der Waals surface area (Å²) in [5.41, 5.74) is 0.604. The quantitative estimate of drug-likeness (QED) is 0.910. The number of amides is 1. The summed E-state index contributed by atoms with van der Waals surface area (Å²) in [6.07, 6.45) is 1.40. The Balaban J connectivity index is 2.22. The van der Waals surface area contributed by atoms with E-state index in [-0.39, 0.29) is 5.76 Å². The van der Waals surface area contributed by atoms with Crippen LogP contribution >= 0.6 is 0 Å². The minimum absolute atomic E-state index is 0.162. The third kappa shape index (κ3) is 2.75. The number of methoxy groups -OCH3 is 1. The number of hydrogen-bond donors (Lipinski definition) is 1. The van der Waals surface area contributed by atoms with Crippen LogP contribution < -0.4 is 10.1 Å². The molecule has 0 saturated heterocycles. The molecule has 1 aromatic heterocycles. The first-order valence-corrected chi connectivity index (χ1v) is 5.63. The van der Waals surface area contributed by atoms with Crippen molar-refractivity contribution >= 4 is 5.91 Å². The van der Waals surface area contributed by atoms with Crippen LogP contribution in [0.5, 0.6) is 5.75 Å². The van der Waals surface area contributed by atoms with Crippen LogP contribution in [0.4, 0.5) is 0 Å². The molecule has 0 saturated carbocycles. The monoisotopic (exact) mass is 256 g/mol. The maximum absolute atomic E-state index is 11.9. The summed E-state index contributed by atoms with van der Waals surface area (Å²) in [5, 5.41) is 11.8. The molecule has 1 N–H and O–H groups in total. The molecule has 0 bridgehead atoms. The first-order valence-electron chi connectivity index (χ1n) is 5.63. The van der Waals surface area contributed by atoms with E-state index in [2.05, 4.69) is 5.32 Å². The summed E-state index contributed by atoms with van der Waals surface area (Å²) in [7, 11) is 1.52. The van der Waals surface area contributed by atoms with Crippen molar-refractivity contribution in [3.8, 4) is 11.8 Å². The van der Waals surface area contributed by atoms with Crippen LogP contribution in [0.15, 0.2) is 47.1 Å². The lowest BCUT2D eigenvalue weighted by Crippen LogP contribution is -2.27. The maximum atomic E-state index is 11.9. The summed E-state index contributed by atoms with van der Waals surface area (Å²) in [5.74, 6) is 0.270. The molecule has 1 aromatic carbocycles. The number of rotatable bonds is 4. The van der Waals surface area contributed by atoms with Crippen molar-refractivity contribution < 1.29 is 13.9 Å². The number of carbonyl (C=O) groups is 1. The topological polar surface area (TPSA) is 75.3 Å². The molecule has 1 unspecified atom stereocenters. The molecule has 96 valence electrons. The van der Waals surface area contributed by atoms with Crippen LogP contribution in [0.2, 0.25) is 0 Å². The number of furan rings is 1. The molecule has 1 heterocycles. The highest BCUT2D eigenvalue weighted by Crippen LogP contribution is 2.24. The molecule has 0 spiro atoms. The number of carbonyl (C=O) groups excluding carboxylic acids is 1. The van der Waals surface area contributed by atoms with Crippen LogP contribution in [-0.2, 0) is 0 Å². The van der Waals surface area contributed by atoms with Crippen molar-refractivity contribution in [3.63, 3.8) is 0 Å². The van der Waals surface area contributed by atoms with E-state index in [0.717, 1.165) is 0 Å². The van der Waals surface area contributed by atoms with Gasteiger partial charge in [0.15, 0.2) is 5.76 Å². The summed E-state index contributed by atoms with van der Waals surface area (Å²) < 4.78 is 10.2. The maximum Gasteiger partial charge on any atom is 0.288 e. The highest BCUT2D eigenvalue weighted by atomic mass is 16.5. The van der Waals surface area contributed by atoms with E-state index in [0.29, 0.717) is 11.3 Å². The van der Waals surface area contributed by atoms with Gasteiger partial charge in [-0.3, -0.25) is 4.79 Å². The van der Waals surface area contributed by atoms with E-state index in [1.54, 1.807) is 30.3 Å². The average Bonchev–Trinajstić information content (AvgIpc) is 2.98. The Kier molecular flexibility index (Phi) is 3.84. The zero-order valence-corrected chi connectivity index (χ0v) is 10.3. The number of nitriles is 1. The van der Waals surface area contributed by atoms with Crippen molar-refractivity contribution in [2.75, 3.05) is 7.11 Å². The smallest absolute Gasteiger partial charge is 0.288 e. The minimum Gasteiger partial charge on any atom is -0.496 e. The van der Waals surface area contributed by atoms with Gasteiger partial charge in [-0.05, 0) is 18.2 Å². The van der Waals surface area contributed by atoms with Gasteiger partial charge in [0.2, 0.25) is 0 Å². The zero-order chi connectivity index (χ0) is 13.7. The molecule has 2 rings (SSSR count). The van der Waals surface area contributed by atoms with Gasteiger partial charge in [-0.25, -0.2) is 0 Å². The Morgan fingerprint density at radius 2 is 2.16 bits per heavy atom. The number of hydrogen-bond acceptors (Lipinski definition) is 4. The largest absolute Gasteiger partial charge is 0.496 e. The second-order valence-corrected chi connectivity index (χ2v) is 3.75. The fraction of sp³-hybridized carbons (Fsp3) is 0.143. The second kappa shape index (κ2) is 5.74. The highest BCUT2D eigenvalue weighted by Gasteiger charge is 2.19. The fourth-order valence-electron chi connectivity index (χ4n) is 1.69. The first-order chi connectivity index (χ1) is 9.26. The van der Waals surface area contributed by atoms with Crippen molar-refractivity contribution in [2.24, 2.45) is 0 Å². The van der Waals surface area contributed by atoms with Gasteiger partial charge < -0.3 is 14.5 Å². The third-order valence-electron chi connectivity index (χ3n) is 2.60. The predicted octanol–water partition coefficient (Wildman–Crippen LogP) is 2.28. The van der Waals surface area contributed by atoms with Crippen LogP contribution in [0.3, 0.4) is 0 Å². The minimum atomic E-state index is -0.797. The molecule has 1 atom stereocenters.